The zero-order valence-electron chi connectivity index (χ0n) is 20.0. The molecule has 6 nitrogen and oxygen atoms in total. The Bertz CT molecular complexity index is 1420. The average molecular weight is 491 g/mol. The highest BCUT2D eigenvalue weighted by molar-refractivity contribution is 6.51. The Kier molecular flexibility index (Phi) is 5.74. The monoisotopic (exact) mass is 490 g/mol. The summed E-state index contributed by atoms with van der Waals surface area (Å²) in [5, 5.41) is 11.3. The summed E-state index contributed by atoms with van der Waals surface area (Å²) in [5.41, 5.74) is 2.54. The number of carbonyl (C=O) groups excluding carboxylic acids is 2. The molecule has 0 saturated carbocycles. The van der Waals surface area contributed by atoms with E-state index in [1.165, 1.54) is 6.07 Å². The first-order valence-corrected chi connectivity index (χ1v) is 11.5. The number of carbonyl (C=O) groups is 2. The van der Waals surface area contributed by atoms with E-state index in [4.69, 9.17) is 4.74 Å². The van der Waals surface area contributed by atoms with Crippen molar-refractivity contribution in [2.75, 3.05) is 23.9 Å². The van der Waals surface area contributed by atoms with Gasteiger partial charge in [-0.2, -0.15) is 0 Å². The van der Waals surface area contributed by atoms with Gasteiger partial charge in [-0.1, -0.05) is 12.1 Å². The third-order valence-corrected chi connectivity index (χ3v) is 6.52. The number of fused-ring (bicyclic) bond motifs is 1. The highest BCUT2D eigenvalue weighted by Crippen LogP contribution is 2.43. The Labute approximate surface area is 207 Å². The molecule has 36 heavy (non-hydrogen) atoms. The molecule has 3 aromatic carbocycles. The molecule has 8 heteroatoms. The van der Waals surface area contributed by atoms with Crippen LogP contribution in [-0.4, -0.2) is 37.0 Å². The molecule has 2 heterocycles. The summed E-state index contributed by atoms with van der Waals surface area (Å²) >= 11 is 0. The van der Waals surface area contributed by atoms with Gasteiger partial charge in [-0.05, 0) is 60.5 Å². The third-order valence-electron chi connectivity index (χ3n) is 6.52. The van der Waals surface area contributed by atoms with E-state index in [0.29, 0.717) is 23.3 Å². The Morgan fingerprint density at radius 3 is 2.39 bits per heavy atom. The zero-order chi connectivity index (χ0) is 25.7. The number of aliphatic hydroxyl groups is 1. The summed E-state index contributed by atoms with van der Waals surface area (Å²) in [6.07, 6.45) is 0.640. The van der Waals surface area contributed by atoms with Crippen LogP contribution >= 0.6 is 0 Å². The van der Waals surface area contributed by atoms with Crippen LogP contribution in [0.4, 0.5) is 20.2 Å². The summed E-state index contributed by atoms with van der Waals surface area (Å²) < 4.78 is 33.5. The lowest BCUT2D eigenvalue weighted by Crippen LogP contribution is -2.29. The summed E-state index contributed by atoms with van der Waals surface area (Å²) in [6, 6.07) is 14.2. The van der Waals surface area contributed by atoms with Gasteiger partial charge >= 0.3 is 0 Å². The second-order valence-corrected chi connectivity index (χ2v) is 9.21. The molecule has 2 unspecified atom stereocenters. The van der Waals surface area contributed by atoms with Crippen molar-refractivity contribution < 1.29 is 28.2 Å². The van der Waals surface area contributed by atoms with Crippen LogP contribution in [0.5, 0.6) is 5.75 Å². The minimum absolute atomic E-state index is 0.00733. The van der Waals surface area contributed by atoms with Crippen LogP contribution in [0.2, 0.25) is 0 Å². The molecule has 2 aliphatic heterocycles. The normalized spacial score (nSPS) is 20.4. The first-order valence-electron chi connectivity index (χ1n) is 11.5. The Hall–Kier alpha value is -4.20. The van der Waals surface area contributed by atoms with Gasteiger partial charge in [0.1, 0.15) is 17.6 Å². The van der Waals surface area contributed by atoms with Gasteiger partial charge in [0.25, 0.3) is 11.7 Å². The molecule has 0 radical (unpaired) electrons. The summed E-state index contributed by atoms with van der Waals surface area (Å²) in [4.78, 5) is 29.5. The zero-order valence-corrected chi connectivity index (χ0v) is 20.0. The lowest BCUT2D eigenvalue weighted by molar-refractivity contribution is -0.132. The van der Waals surface area contributed by atoms with E-state index < -0.39 is 29.4 Å². The Balaban J connectivity index is 1.68. The summed E-state index contributed by atoms with van der Waals surface area (Å²) in [6.45, 7) is 1.93. The number of nitrogens with zero attached hydrogens (tertiary/aromatic N) is 2. The molecule has 1 amide bonds. The van der Waals surface area contributed by atoms with Crippen molar-refractivity contribution in [2.45, 2.75) is 25.5 Å². The number of hydrogen-bond acceptors (Lipinski definition) is 5. The van der Waals surface area contributed by atoms with Gasteiger partial charge in [0.05, 0.1) is 11.6 Å². The highest BCUT2D eigenvalue weighted by atomic mass is 19.2. The smallest absolute Gasteiger partial charge is 0.300 e. The van der Waals surface area contributed by atoms with Crippen LogP contribution in [0, 0.1) is 11.6 Å². The van der Waals surface area contributed by atoms with Crippen LogP contribution in [0.1, 0.15) is 29.7 Å². The molecule has 2 atom stereocenters. The van der Waals surface area contributed by atoms with Crippen LogP contribution in [-0.2, 0) is 16.0 Å². The minimum atomic E-state index is -1.15. The first kappa shape index (κ1) is 23.5. The van der Waals surface area contributed by atoms with Gasteiger partial charge in [-0.3, -0.25) is 14.5 Å². The van der Waals surface area contributed by atoms with E-state index in [1.807, 2.05) is 38.1 Å². The second kappa shape index (κ2) is 8.78. The number of benzene rings is 3. The van der Waals surface area contributed by atoms with Crippen molar-refractivity contribution in [2.24, 2.45) is 0 Å². The average Bonchev–Trinajstić information content (AvgIpc) is 3.36. The number of Topliss-reactive ketones (excluding diaryl/α,β-unsaturated/α-hetero) is 1. The number of hydrogen-bond donors (Lipinski definition) is 1. The molecule has 0 aliphatic carbocycles. The number of ether oxygens (including phenoxy) is 1. The minimum Gasteiger partial charge on any atom is -0.507 e. The largest absolute Gasteiger partial charge is 0.507 e. The summed E-state index contributed by atoms with van der Waals surface area (Å²) in [7, 11) is 3.75. The number of amides is 1. The van der Waals surface area contributed by atoms with Crippen molar-refractivity contribution in [1.29, 1.82) is 0 Å². The predicted octanol–water partition coefficient (Wildman–Crippen LogP) is 4.98. The lowest BCUT2D eigenvalue weighted by Gasteiger charge is -2.26. The maximum absolute atomic E-state index is 14.1. The number of aliphatic hydroxyl groups excluding tert-OH is 1. The molecular formula is C28H24F2N2O4. The topological polar surface area (TPSA) is 70.1 Å². The fourth-order valence-corrected chi connectivity index (χ4v) is 4.73. The highest BCUT2D eigenvalue weighted by Gasteiger charge is 2.47. The van der Waals surface area contributed by atoms with E-state index >= 15 is 0 Å². The molecule has 0 bridgehead atoms. The number of halogens is 2. The Morgan fingerprint density at radius 1 is 1.00 bits per heavy atom. The third kappa shape index (κ3) is 3.88. The van der Waals surface area contributed by atoms with E-state index in [9.17, 15) is 23.5 Å². The fourth-order valence-electron chi connectivity index (χ4n) is 4.73. The molecule has 0 spiro atoms. The van der Waals surface area contributed by atoms with Gasteiger partial charge in [-0.25, -0.2) is 8.78 Å². The second-order valence-electron chi connectivity index (χ2n) is 9.21. The van der Waals surface area contributed by atoms with Crippen LogP contribution in [0.15, 0.2) is 66.2 Å². The van der Waals surface area contributed by atoms with Crippen molar-refractivity contribution >= 4 is 28.8 Å². The molecule has 1 fully saturated rings. The number of rotatable bonds is 4. The number of anilines is 2. The van der Waals surface area contributed by atoms with Gasteiger partial charge in [0.15, 0.2) is 11.6 Å². The molecule has 0 aromatic heterocycles. The molecular weight excluding hydrogens is 466 g/mol. The molecule has 5 rings (SSSR count). The maximum atomic E-state index is 14.1. The van der Waals surface area contributed by atoms with Gasteiger partial charge in [0, 0.05) is 43.5 Å². The number of ketones is 1. The molecule has 1 saturated heterocycles. The van der Waals surface area contributed by atoms with Crippen molar-refractivity contribution in [3.63, 3.8) is 0 Å². The fraction of sp³-hybridized carbons (Fsp3) is 0.214. The Morgan fingerprint density at radius 2 is 1.72 bits per heavy atom. The molecule has 3 aromatic rings. The lowest BCUT2D eigenvalue weighted by atomic mass is 9.94. The van der Waals surface area contributed by atoms with Gasteiger partial charge in [0.2, 0.25) is 0 Å². The molecule has 2 aliphatic rings. The van der Waals surface area contributed by atoms with Crippen LogP contribution in [0.3, 0.4) is 0 Å². The SMILES string of the molecule is CC1Cc2cc(/C(O)=C3/C(=O)C(=O)N(c4ccc(F)c(F)c4)C3c3ccc(N(C)C)cc3)ccc2O1. The van der Waals surface area contributed by atoms with Crippen molar-refractivity contribution in [3.8, 4) is 5.75 Å². The van der Waals surface area contributed by atoms with E-state index in [2.05, 4.69) is 0 Å². The van der Waals surface area contributed by atoms with Gasteiger partial charge < -0.3 is 14.7 Å². The molecule has 184 valence electrons. The maximum Gasteiger partial charge on any atom is 0.300 e. The van der Waals surface area contributed by atoms with E-state index in [0.717, 1.165) is 28.3 Å². The van der Waals surface area contributed by atoms with E-state index in [-0.39, 0.29) is 23.1 Å². The molecule has 1 N–H and O–H groups in total. The van der Waals surface area contributed by atoms with Gasteiger partial charge in [-0.15, -0.1) is 0 Å². The standard InChI is InChI=1S/C28H24F2N2O4/c1-15-12-18-13-17(6-11-23(18)36-15)26(33)24-25(16-4-7-19(8-5-16)31(2)3)32(28(35)27(24)34)20-9-10-21(29)22(30)14-20/h4-11,13-15,25,33H,12H2,1-3H3/b26-24-. The predicted molar refractivity (Wildman–Crippen MR) is 132 cm³/mol. The van der Waals surface area contributed by atoms with E-state index in [1.54, 1.807) is 30.3 Å². The summed E-state index contributed by atoms with van der Waals surface area (Å²) in [5.74, 6) is -3.72. The van der Waals surface area contributed by atoms with Crippen molar-refractivity contribution in [3.05, 3.63) is 94.6 Å². The van der Waals surface area contributed by atoms with Crippen LogP contribution < -0.4 is 14.5 Å². The first-order chi connectivity index (χ1) is 17.2. The quantitative estimate of drug-likeness (QED) is 0.317. The van der Waals surface area contributed by atoms with Crippen molar-refractivity contribution in [1.82, 2.24) is 0 Å². The van der Waals surface area contributed by atoms with Crippen LogP contribution in [0.25, 0.3) is 5.76 Å².